The van der Waals surface area contributed by atoms with Gasteiger partial charge in [-0.3, -0.25) is 28.8 Å². The normalized spacial score (nSPS) is 12.9. The van der Waals surface area contributed by atoms with Crippen LogP contribution in [-0.2, 0) is 28.8 Å². The second-order valence-corrected chi connectivity index (χ2v) is 13.8. The average molecular weight is 727 g/mol. The summed E-state index contributed by atoms with van der Waals surface area (Å²) in [6, 6.07) is -3.10. The van der Waals surface area contributed by atoms with E-state index in [0.29, 0.717) is 51.7 Å². The molecule has 0 heterocycles. The number of nitrogens with two attached hydrogens (primary N) is 1. The topological polar surface area (TPSA) is 229 Å². The van der Waals surface area contributed by atoms with Gasteiger partial charge in [0.05, 0.1) is 6.04 Å². The molecule has 0 aliphatic carbocycles. The lowest BCUT2D eigenvalue weighted by Gasteiger charge is -2.26. The molecule has 0 bridgehead atoms. The van der Waals surface area contributed by atoms with Crippen molar-refractivity contribution in [2.24, 2.45) is 5.73 Å². The maximum Gasteiger partial charge on any atom is 0.303 e. The molecule has 4 amide bonds. The van der Waals surface area contributed by atoms with Crippen LogP contribution in [0.3, 0.4) is 0 Å². The van der Waals surface area contributed by atoms with E-state index in [-0.39, 0.29) is 31.2 Å². The van der Waals surface area contributed by atoms with Crippen LogP contribution >= 0.6 is 0 Å². The van der Waals surface area contributed by atoms with Gasteiger partial charge in [-0.2, -0.15) is 0 Å². The molecule has 0 rings (SSSR count). The van der Waals surface area contributed by atoms with Crippen molar-refractivity contribution < 1.29 is 39.0 Å². The second kappa shape index (κ2) is 31.5. The lowest BCUT2D eigenvalue weighted by molar-refractivity contribution is -0.139. The van der Waals surface area contributed by atoms with Crippen LogP contribution in [0.15, 0.2) is 0 Å². The molecule has 14 heteroatoms. The Morgan fingerprint density at radius 3 is 1.51 bits per heavy atom. The summed E-state index contributed by atoms with van der Waals surface area (Å²) < 4.78 is 0. The van der Waals surface area contributed by atoms with Gasteiger partial charge in [0.15, 0.2) is 0 Å². The highest BCUT2D eigenvalue weighted by molar-refractivity contribution is 5.93. The minimum Gasteiger partial charge on any atom is -0.481 e. The fraction of sp³-hybridized carbons (Fsp3) is 0.838. The molecule has 0 aromatic heterocycles. The summed E-state index contributed by atoms with van der Waals surface area (Å²) in [4.78, 5) is 74.2. The smallest absolute Gasteiger partial charge is 0.303 e. The van der Waals surface area contributed by atoms with E-state index in [0.717, 1.165) is 32.1 Å². The second-order valence-electron chi connectivity index (χ2n) is 13.8. The summed E-state index contributed by atoms with van der Waals surface area (Å²) in [5.41, 5.74) is 5.59. The Labute approximate surface area is 306 Å². The van der Waals surface area contributed by atoms with Gasteiger partial charge < -0.3 is 42.5 Å². The van der Waals surface area contributed by atoms with Gasteiger partial charge in [0.1, 0.15) is 12.1 Å². The van der Waals surface area contributed by atoms with Crippen molar-refractivity contribution in [1.29, 1.82) is 0 Å². The third-order valence-electron chi connectivity index (χ3n) is 8.59. The lowest BCUT2D eigenvalue weighted by Crippen LogP contribution is -2.57. The first-order chi connectivity index (χ1) is 24.4. The fourth-order valence-electron chi connectivity index (χ4n) is 5.65. The van der Waals surface area contributed by atoms with E-state index in [1.807, 2.05) is 13.8 Å². The van der Waals surface area contributed by atoms with Gasteiger partial charge >= 0.3 is 11.9 Å². The van der Waals surface area contributed by atoms with E-state index in [1.165, 1.54) is 44.9 Å². The summed E-state index contributed by atoms with van der Waals surface area (Å²) in [5.74, 6) is -4.01. The number of aliphatic carboxylic acids is 2. The maximum atomic E-state index is 13.3. The van der Waals surface area contributed by atoms with Crippen LogP contribution in [-0.4, -0.2) is 89.6 Å². The average Bonchev–Trinajstić information content (AvgIpc) is 3.07. The quantitative estimate of drug-likeness (QED) is 0.0446. The van der Waals surface area contributed by atoms with Crippen molar-refractivity contribution >= 4 is 35.6 Å². The van der Waals surface area contributed by atoms with Gasteiger partial charge in [0.2, 0.25) is 23.6 Å². The number of carboxylic acid groups (broad SMARTS) is 2. The summed E-state index contributed by atoms with van der Waals surface area (Å²) in [7, 11) is 0. The van der Waals surface area contributed by atoms with Gasteiger partial charge in [-0.1, -0.05) is 91.4 Å². The van der Waals surface area contributed by atoms with Crippen molar-refractivity contribution in [2.75, 3.05) is 19.6 Å². The number of nitrogens with one attached hydrogen (secondary N) is 5. The van der Waals surface area contributed by atoms with Crippen LogP contribution in [0.4, 0.5) is 0 Å². The SMILES string of the molecule is CCCCCCCCCCCC(=O)NCCCCCCNC(=O)C(CCC(=O)O)NC(=O)C(CCC(=O)O)NC(=O)C(CCCCN)NC(C)C. The largest absolute Gasteiger partial charge is 0.481 e. The van der Waals surface area contributed by atoms with Crippen LogP contribution in [0.2, 0.25) is 0 Å². The number of hydrogen-bond acceptors (Lipinski definition) is 8. The zero-order valence-corrected chi connectivity index (χ0v) is 31.7. The monoisotopic (exact) mass is 727 g/mol. The molecule has 3 unspecified atom stereocenters. The van der Waals surface area contributed by atoms with Crippen molar-refractivity contribution in [2.45, 2.75) is 180 Å². The van der Waals surface area contributed by atoms with Crippen LogP contribution in [0.5, 0.6) is 0 Å². The zero-order valence-electron chi connectivity index (χ0n) is 31.7. The standard InChI is InChI=1S/C37H70N6O8/c1-4-5-6-7-8-9-10-11-14-20-32(44)39-26-17-12-13-18-27-40-35(49)30(21-23-33(45)46)42-37(51)31(22-24-34(47)48)43-36(50)29(41-28(2)3)19-15-16-25-38/h28-31,41H,4-27,38H2,1-3H3,(H,39,44)(H,40,49)(H,42,51)(H,43,50)(H,45,46)(H,47,48). The minimum atomic E-state index is -1.25. The van der Waals surface area contributed by atoms with Crippen molar-refractivity contribution in [3.05, 3.63) is 0 Å². The zero-order chi connectivity index (χ0) is 38.3. The van der Waals surface area contributed by atoms with E-state index >= 15 is 0 Å². The number of amides is 4. The molecule has 0 spiro atoms. The molecule has 14 nitrogen and oxygen atoms in total. The van der Waals surface area contributed by atoms with Gasteiger partial charge in [-0.15, -0.1) is 0 Å². The summed E-state index contributed by atoms with van der Waals surface area (Å²) >= 11 is 0. The lowest BCUT2D eigenvalue weighted by atomic mass is 10.0. The van der Waals surface area contributed by atoms with E-state index in [9.17, 15) is 39.0 Å². The Hall–Kier alpha value is -3.26. The van der Waals surface area contributed by atoms with E-state index in [2.05, 4.69) is 33.5 Å². The van der Waals surface area contributed by atoms with Gasteiger partial charge in [0, 0.05) is 38.4 Å². The molecule has 0 radical (unpaired) electrons. The van der Waals surface area contributed by atoms with Crippen LogP contribution in [0, 0.1) is 0 Å². The molecule has 51 heavy (non-hydrogen) atoms. The first kappa shape index (κ1) is 47.7. The van der Waals surface area contributed by atoms with Crippen molar-refractivity contribution in [1.82, 2.24) is 26.6 Å². The van der Waals surface area contributed by atoms with Gasteiger partial charge in [0.25, 0.3) is 0 Å². The summed E-state index contributed by atoms with van der Waals surface area (Å²) in [6.07, 6.45) is 15.3. The molecule has 3 atom stereocenters. The van der Waals surface area contributed by atoms with E-state index in [1.54, 1.807) is 0 Å². The van der Waals surface area contributed by atoms with Crippen LogP contribution < -0.4 is 32.3 Å². The minimum absolute atomic E-state index is 0.0332. The molecule has 0 aromatic carbocycles. The highest BCUT2D eigenvalue weighted by Crippen LogP contribution is 2.11. The number of carbonyl (C=O) groups excluding carboxylic acids is 4. The van der Waals surface area contributed by atoms with Gasteiger partial charge in [-0.25, -0.2) is 0 Å². The highest BCUT2D eigenvalue weighted by atomic mass is 16.4. The summed E-state index contributed by atoms with van der Waals surface area (Å²) in [5, 5.41) is 32.5. The maximum absolute atomic E-state index is 13.3. The first-order valence-corrected chi connectivity index (χ1v) is 19.5. The predicted molar refractivity (Wildman–Crippen MR) is 199 cm³/mol. The molecule has 9 N–H and O–H groups in total. The van der Waals surface area contributed by atoms with Gasteiger partial charge in [-0.05, 0) is 51.5 Å². The molecule has 296 valence electrons. The Morgan fingerprint density at radius 2 is 1.00 bits per heavy atom. The molecule has 0 aromatic rings. The molecule has 0 aliphatic rings. The number of rotatable bonds is 34. The van der Waals surface area contributed by atoms with Crippen LogP contribution in [0.25, 0.3) is 0 Å². The van der Waals surface area contributed by atoms with E-state index < -0.39 is 54.2 Å². The van der Waals surface area contributed by atoms with E-state index in [4.69, 9.17) is 5.73 Å². The Bertz CT molecular complexity index is 996. The molecular weight excluding hydrogens is 656 g/mol. The number of unbranched alkanes of at least 4 members (excludes halogenated alkanes) is 12. The number of hydrogen-bond donors (Lipinski definition) is 8. The molecular formula is C37H70N6O8. The Balaban J connectivity index is 4.77. The molecule has 0 aliphatic heterocycles. The Morgan fingerprint density at radius 1 is 0.529 bits per heavy atom. The van der Waals surface area contributed by atoms with Crippen molar-refractivity contribution in [3.8, 4) is 0 Å². The van der Waals surface area contributed by atoms with Crippen LogP contribution in [0.1, 0.15) is 156 Å². The number of carbonyl (C=O) groups is 6. The van der Waals surface area contributed by atoms with Crippen molar-refractivity contribution in [3.63, 3.8) is 0 Å². The molecule has 0 saturated heterocycles. The number of carboxylic acids is 2. The third-order valence-corrected chi connectivity index (χ3v) is 8.59. The Kier molecular flexibility index (Phi) is 29.5. The third kappa shape index (κ3) is 28.1. The molecule has 0 saturated carbocycles. The summed E-state index contributed by atoms with van der Waals surface area (Å²) in [6.45, 7) is 7.36. The first-order valence-electron chi connectivity index (χ1n) is 19.5. The predicted octanol–water partition coefficient (Wildman–Crippen LogP) is 3.89. The molecule has 0 fully saturated rings. The fourth-order valence-corrected chi connectivity index (χ4v) is 5.65. The highest BCUT2D eigenvalue weighted by Gasteiger charge is 2.29.